The van der Waals surface area contributed by atoms with Crippen LogP contribution in [-0.4, -0.2) is 48.2 Å². The molecule has 28 heavy (non-hydrogen) atoms. The number of nitrogens with zero attached hydrogens (tertiary/aromatic N) is 1. The molecule has 0 bridgehead atoms. The Bertz CT molecular complexity index is 811. The molecule has 2 aromatic rings. The molecule has 0 aromatic heterocycles. The van der Waals surface area contributed by atoms with E-state index in [9.17, 15) is 14.7 Å². The van der Waals surface area contributed by atoms with Crippen molar-refractivity contribution in [3.05, 3.63) is 60.2 Å². The first-order chi connectivity index (χ1) is 13.5. The van der Waals surface area contributed by atoms with Gasteiger partial charge in [0, 0.05) is 13.1 Å². The number of likely N-dealkylation sites (tertiary alicyclic amines) is 1. The van der Waals surface area contributed by atoms with E-state index in [0.29, 0.717) is 37.4 Å². The van der Waals surface area contributed by atoms with Crippen molar-refractivity contribution in [3.63, 3.8) is 0 Å². The lowest BCUT2D eigenvalue weighted by Gasteiger charge is -2.40. The van der Waals surface area contributed by atoms with E-state index in [1.165, 1.54) is 0 Å². The molecule has 2 aromatic carbocycles. The van der Waals surface area contributed by atoms with E-state index in [4.69, 9.17) is 9.47 Å². The van der Waals surface area contributed by atoms with Crippen LogP contribution < -0.4 is 9.47 Å². The van der Waals surface area contributed by atoms with Gasteiger partial charge in [-0.1, -0.05) is 30.3 Å². The highest BCUT2D eigenvalue weighted by Gasteiger charge is 2.44. The van der Waals surface area contributed by atoms with Gasteiger partial charge in [-0.3, -0.25) is 9.59 Å². The summed E-state index contributed by atoms with van der Waals surface area (Å²) in [6.07, 6.45) is 0.114. The molecule has 0 radical (unpaired) electrons. The number of methoxy groups -OCH3 is 1. The highest BCUT2D eigenvalue weighted by atomic mass is 16.5. The van der Waals surface area contributed by atoms with Crippen LogP contribution in [0.1, 0.15) is 25.3 Å². The van der Waals surface area contributed by atoms with Gasteiger partial charge < -0.3 is 19.5 Å². The lowest BCUT2D eigenvalue weighted by molar-refractivity contribution is -0.149. The van der Waals surface area contributed by atoms with Crippen LogP contribution in [0.3, 0.4) is 0 Å². The number of aliphatic carboxylic acids is 1. The molecule has 1 aliphatic heterocycles. The number of carboxylic acids is 1. The van der Waals surface area contributed by atoms with Gasteiger partial charge in [-0.25, -0.2) is 0 Å². The van der Waals surface area contributed by atoms with Crippen molar-refractivity contribution in [2.45, 2.75) is 31.3 Å². The highest BCUT2D eigenvalue weighted by molar-refractivity contribution is 5.84. The summed E-state index contributed by atoms with van der Waals surface area (Å²) < 4.78 is 10.9. The molecule has 3 rings (SSSR count). The first-order valence-corrected chi connectivity index (χ1v) is 9.35. The summed E-state index contributed by atoms with van der Waals surface area (Å²) in [4.78, 5) is 26.5. The number of ether oxygens (including phenoxy) is 2. The fraction of sp³-hybridized carbons (Fsp3) is 0.364. The van der Waals surface area contributed by atoms with E-state index in [2.05, 4.69) is 0 Å². The number of hydrogen-bond donors (Lipinski definition) is 1. The topological polar surface area (TPSA) is 76.1 Å². The van der Waals surface area contributed by atoms with Crippen LogP contribution >= 0.6 is 0 Å². The van der Waals surface area contributed by atoms with Crippen LogP contribution in [0.5, 0.6) is 11.5 Å². The van der Waals surface area contributed by atoms with Gasteiger partial charge in [0.25, 0.3) is 5.91 Å². The zero-order valence-electron chi connectivity index (χ0n) is 16.1. The molecule has 1 atom stereocenters. The maximum absolute atomic E-state index is 12.8. The second kappa shape index (κ2) is 8.33. The monoisotopic (exact) mass is 383 g/mol. The Morgan fingerprint density at radius 3 is 2.11 bits per heavy atom. The minimum absolute atomic E-state index is 0.136. The molecule has 1 saturated heterocycles. The Labute approximate surface area is 164 Å². The molecule has 0 spiro atoms. The number of amides is 1. The van der Waals surface area contributed by atoms with Crippen molar-refractivity contribution in [2.75, 3.05) is 20.2 Å². The molecule has 1 heterocycles. The van der Waals surface area contributed by atoms with Crippen molar-refractivity contribution >= 4 is 11.9 Å². The van der Waals surface area contributed by atoms with Crippen LogP contribution in [0, 0.1) is 0 Å². The molecule has 0 aliphatic carbocycles. The van der Waals surface area contributed by atoms with Gasteiger partial charge in [0.05, 0.1) is 12.5 Å². The summed E-state index contributed by atoms with van der Waals surface area (Å²) in [5.41, 5.74) is -0.157. The average Bonchev–Trinajstić information content (AvgIpc) is 2.74. The van der Waals surface area contributed by atoms with Crippen LogP contribution in [0.4, 0.5) is 0 Å². The summed E-state index contributed by atoms with van der Waals surface area (Å²) in [5.74, 6) is 0.326. The lowest BCUT2D eigenvalue weighted by Crippen LogP contribution is -2.51. The number of benzene rings is 2. The quantitative estimate of drug-likeness (QED) is 0.830. The van der Waals surface area contributed by atoms with E-state index in [1.807, 2.05) is 30.3 Å². The molecular formula is C22H25NO5. The number of carbonyl (C=O) groups is 2. The Hall–Kier alpha value is -3.02. The zero-order valence-corrected chi connectivity index (χ0v) is 16.1. The molecule has 6 nitrogen and oxygen atoms in total. The molecule has 1 fully saturated rings. The van der Waals surface area contributed by atoms with Gasteiger partial charge in [0.1, 0.15) is 11.5 Å². The zero-order chi connectivity index (χ0) is 20.1. The maximum Gasteiger partial charge on any atom is 0.314 e. The third-order valence-electron chi connectivity index (χ3n) is 5.38. The molecule has 148 valence electrons. The predicted octanol–water partition coefficient (Wildman–Crippen LogP) is 3.11. The van der Waals surface area contributed by atoms with Crippen molar-refractivity contribution in [2.24, 2.45) is 0 Å². The van der Waals surface area contributed by atoms with E-state index < -0.39 is 17.5 Å². The van der Waals surface area contributed by atoms with Crippen LogP contribution in [0.15, 0.2) is 54.6 Å². The van der Waals surface area contributed by atoms with Gasteiger partial charge in [-0.15, -0.1) is 0 Å². The summed E-state index contributed by atoms with van der Waals surface area (Å²) in [6, 6.07) is 16.3. The maximum atomic E-state index is 12.8. The molecule has 1 unspecified atom stereocenters. The average molecular weight is 383 g/mol. The van der Waals surface area contributed by atoms with E-state index in [1.54, 1.807) is 43.2 Å². The molecular weight excluding hydrogens is 358 g/mol. The standard InChI is InChI=1S/C22H25NO5/c1-16(28-19-10-8-18(27-2)9-11-19)20(24)23-14-12-22(13-15-23,21(25)26)17-6-4-3-5-7-17/h3-11,16H,12-15H2,1-2H3,(H,25,26). The van der Waals surface area contributed by atoms with Gasteiger partial charge >= 0.3 is 5.97 Å². The number of rotatable bonds is 6. The van der Waals surface area contributed by atoms with Crippen molar-refractivity contribution in [1.29, 1.82) is 0 Å². The molecule has 1 amide bonds. The van der Waals surface area contributed by atoms with Gasteiger partial charge in [0.15, 0.2) is 6.10 Å². The van der Waals surface area contributed by atoms with Crippen LogP contribution in [0.25, 0.3) is 0 Å². The van der Waals surface area contributed by atoms with Crippen LogP contribution in [0.2, 0.25) is 0 Å². The third-order valence-corrected chi connectivity index (χ3v) is 5.38. The van der Waals surface area contributed by atoms with Gasteiger partial charge in [-0.05, 0) is 49.6 Å². The minimum atomic E-state index is -0.946. The van der Waals surface area contributed by atoms with Gasteiger partial charge in [0.2, 0.25) is 0 Å². The Morgan fingerprint density at radius 1 is 1.00 bits per heavy atom. The lowest BCUT2D eigenvalue weighted by atomic mass is 9.73. The Morgan fingerprint density at radius 2 is 1.57 bits per heavy atom. The fourth-order valence-corrected chi connectivity index (χ4v) is 3.66. The number of piperidine rings is 1. The third kappa shape index (κ3) is 3.96. The van der Waals surface area contributed by atoms with Crippen molar-refractivity contribution < 1.29 is 24.2 Å². The smallest absolute Gasteiger partial charge is 0.314 e. The predicted molar refractivity (Wildman–Crippen MR) is 105 cm³/mol. The summed E-state index contributed by atoms with van der Waals surface area (Å²) in [6.45, 7) is 2.48. The largest absolute Gasteiger partial charge is 0.497 e. The summed E-state index contributed by atoms with van der Waals surface area (Å²) in [5, 5.41) is 9.88. The molecule has 6 heteroatoms. The minimum Gasteiger partial charge on any atom is -0.497 e. The summed E-state index contributed by atoms with van der Waals surface area (Å²) >= 11 is 0. The number of carbonyl (C=O) groups excluding carboxylic acids is 1. The normalized spacial score (nSPS) is 16.9. The van der Waals surface area contributed by atoms with E-state index >= 15 is 0 Å². The Kier molecular flexibility index (Phi) is 5.87. The van der Waals surface area contributed by atoms with Crippen molar-refractivity contribution in [1.82, 2.24) is 4.90 Å². The number of hydrogen-bond acceptors (Lipinski definition) is 4. The van der Waals surface area contributed by atoms with E-state index in [0.717, 1.165) is 5.56 Å². The fourth-order valence-electron chi connectivity index (χ4n) is 3.66. The molecule has 1 aliphatic rings. The molecule has 1 N–H and O–H groups in total. The Balaban J connectivity index is 1.64. The number of carboxylic acid groups (broad SMARTS) is 1. The second-order valence-corrected chi connectivity index (χ2v) is 7.01. The first kappa shape index (κ1) is 19.7. The van der Waals surface area contributed by atoms with Crippen LogP contribution in [-0.2, 0) is 15.0 Å². The molecule has 0 saturated carbocycles. The van der Waals surface area contributed by atoms with Gasteiger partial charge in [-0.2, -0.15) is 0 Å². The van der Waals surface area contributed by atoms with E-state index in [-0.39, 0.29) is 5.91 Å². The summed E-state index contributed by atoms with van der Waals surface area (Å²) in [7, 11) is 1.59. The van der Waals surface area contributed by atoms with Crippen molar-refractivity contribution in [3.8, 4) is 11.5 Å². The second-order valence-electron chi connectivity index (χ2n) is 7.01. The highest BCUT2D eigenvalue weighted by Crippen LogP contribution is 2.36. The first-order valence-electron chi connectivity index (χ1n) is 9.35. The SMILES string of the molecule is COc1ccc(OC(C)C(=O)N2CCC(C(=O)O)(c3ccccc3)CC2)cc1.